The van der Waals surface area contributed by atoms with Crippen LogP contribution in [0, 0.1) is 0 Å². The second kappa shape index (κ2) is 2.95. The molecule has 1 aliphatic heterocycles. The minimum Gasteiger partial charge on any atom is -0.325 e. The summed E-state index contributed by atoms with van der Waals surface area (Å²) >= 11 is 0. The minimum absolute atomic E-state index is 0.912. The maximum atomic E-state index is 4.75. The van der Waals surface area contributed by atoms with Crippen molar-refractivity contribution in [2.24, 2.45) is 0 Å². The highest BCUT2D eigenvalue weighted by molar-refractivity contribution is 5.73. The third kappa shape index (κ3) is 0.985. The van der Waals surface area contributed by atoms with Crippen molar-refractivity contribution in [2.45, 2.75) is 19.5 Å². The number of nitrogens with zero attached hydrogens (tertiary/aromatic N) is 2. The van der Waals surface area contributed by atoms with Gasteiger partial charge in [0.1, 0.15) is 5.82 Å². The molecule has 0 atom stereocenters. The highest BCUT2D eigenvalue weighted by atomic mass is 15.2. The molecular weight excluding hydrogens is 198 g/mol. The van der Waals surface area contributed by atoms with Crippen molar-refractivity contribution in [3.8, 4) is 11.3 Å². The van der Waals surface area contributed by atoms with Gasteiger partial charge in [-0.3, -0.25) is 0 Å². The molecule has 3 heteroatoms. The Morgan fingerprint density at radius 1 is 1.25 bits per heavy atom. The molecule has 1 aliphatic carbocycles. The lowest BCUT2D eigenvalue weighted by Gasteiger charge is -2.17. The van der Waals surface area contributed by atoms with Crippen molar-refractivity contribution in [1.82, 2.24) is 14.9 Å². The molecule has 2 aromatic rings. The van der Waals surface area contributed by atoms with E-state index >= 15 is 0 Å². The van der Waals surface area contributed by atoms with Crippen LogP contribution in [-0.4, -0.2) is 16.1 Å². The van der Waals surface area contributed by atoms with Gasteiger partial charge in [-0.05, 0) is 5.56 Å². The van der Waals surface area contributed by atoms with Crippen LogP contribution in [0.5, 0.6) is 0 Å². The number of hydrogen-bond donors (Lipinski definition) is 1. The Hall–Kier alpha value is -1.61. The molecular formula is C13H13N3. The van der Waals surface area contributed by atoms with Crippen molar-refractivity contribution in [3.05, 3.63) is 41.3 Å². The van der Waals surface area contributed by atoms with E-state index in [-0.39, 0.29) is 0 Å². The van der Waals surface area contributed by atoms with Crippen LogP contribution in [-0.2, 0) is 19.5 Å². The number of nitrogens with one attached hydrogen (secondary N) is 1. The normalized spacial score (nSPS) is 16.8. The fourth-order valence-corrected chi connectivity index (χ4v) is 2.83. The lowest BCUT2D eigenvalue weighted by atomic mass is 10.1. The summed E-state index contributed by atoms with van der Waals surface area (Å²) < 4.78 is 2.39. The second-order valence-corrected chi connectivity index (χ2v) is 4.49. The number of benzene rings is 1. The largest absolute Gasteiger partial charge is 0.325 e. The molecule has 0 saturated heterocycles. The van der Waals surface area contributed by atoms with Gasteiger partial charge in [0, 0.05) is 25.1 Å². The monoisotopic (exact) mass is 211 g/mol. The van der Waals surface area contributed by atoms with Crippen molar-refractivity contribution >= 4 is 0 Å². The van der Waals surface area contributed by atoms with Crippen LogP contribution in [0.4, 0.5) is 0 Å². The Balaban J connectivity index is 1.99. The summed E-state index contributed by atoms with van der Waals surface area (Å²) in [5.74, 6) is 1.20. The molecule has 0 unspecified atom stereocenters. The van der Waals surface area contributed by atoms with Crippen LogP contribution in [0.25, 0.3) is 11.3 Å². The van der Waals surface area contributed by atoms with Crippen LogP contribution >= 0.6 is 0 Å². The predicted octanol–water partition coefficient (Wildman–Crippen LogP) is 1.56. The first-order valence-corrected chi connectivity index (χ1v) is 5.81. The molecule has 0 bridgehead atoms. The number of aromatic nitrogens is 2. The molecule has 0 spiro atoms. The average molecular weight is 211 g/mol. The van der Waals surface area contributed by atoms with Gasteiger partial charge >= 0.3 is 0 Å². The first-order valence-electron chi connectivity index (χ1n) is 5.81. The molecule has 0 radical (unpaired) electrons. The Labute approximate surface area is 94.1 Å². The first-order chi connectivity index (χ1) is 7.93. The van der Waals surface area contributed by atoms with E-state index in [2.05, 4.69) is 34.1 Å². The van der Waals surface area contributed by atoms with Crippen LogP contribution in [0.1, 0.15) is 17.1 Å². The summed E-state index contributed by atoms with van der Waals surface area (Å²) in [7, 11) is 0. The molecule has 2 aliphatic rings. The van der Waals surface area contributed by atoms with Crippen molar-refractivity contribution in [2.75, 3.05) is 6.54 Å². The Kier molecular flexibility index (Phi) is 1.57. The summed E-state index contributed by atoms with van der Waals surface area (Å²) in [4.78, 5) is 4.75. The third-order valence-corrected chi connectivity index (χ3v) is 3.54. The minimum atomic E-state index is 0.912. The molecule has 16 heavy (non-hydrogen) atoms. The molecule has 1 N–H and O–H groups in total. The van der Waals surface area contributed by atoms with Crippen molar-refractivity contribution in [3.63, 3.8) is 0 Å². The fourth-order valence-electron chi connectivity index (χ4n) is 2.83. The lowest BCUT2D eigenvalue weighted by molar-refractivity contribution is 0.508. The summed E-state index contributed by atoms with van der Waals surface area (Å²) in [5.41, 5.74) is 5.44. The number of rotatable bonds is 0. The third-order valence-electron chi connectivity index (χ3n) is 3.54. The zero-order valence-electron chi connectivity index (χ0n) is 9.03. The van der Waals surface area contributed by atoms with E-state index in [9.17, 15) is 0 Å². The lowest BCUT2D eigenvalue weighted by Crippen LogP contribution is -2.28. The molecule has 0 amide bonds. The van der Waals surface area contributed by atoms with E-state index in [0.29, 0.717) is 0 Å². The Morgan fingerprint density at radius 2 is 2.19 bits per heavy atom. The Bertz CT molecular complexity index is 569. The predicted molar refractivity (Wildman–Crippen MR) is 62.2 cm³/mol. The summed E-state index contributed by atoms with van der Waals surface area (Å²) in [5, 5.41) is 3.37. The highest BCUT2D eigenvalue weighted by Crippen LogP contribution is 2.37. The van der Waals surface area contributed by atoms with Gasteiger partial charge in [-0.25, -0.2) is 4.98 Å². The number of fused-ring (bicyclic) bond motifs is 5. The second-order valence-electron chi connectivity index (χ2n) is 4.49. The summed E-state index contributed by atoms with van der Waals surface area (Å²) in [6.07, 6.45) is 1.01. The van der Waals surface area contributed by atoms with Gasteiger partial charge in [-0.2, -0.15) is 0 Å². The fraction of sp³-hybridized carbons (Fsp3) is 0.308. The zero-order chi connectivity index (χ0) is 10.5. The summed E-state index contributed by atoms with van der Waals surface area (Å²) in [6, 6.07) is 8.67. The van der Waals surface area contributed by atoms with E-state index in [4.69, 9.17) is 4.98 Å². The molecule has 0 fully saturated rings. The molecule has 1 aromatic heterocycles. The molecule has 2 heterocycles. The topological polar surface area (TPSA) is 29.9 Å². The SMILES string of the molecule is c1ccc2c(c1)Cc1nc3n(c1-2)CCNC3. The van der Waals surface area contributed by atoms with Gasteiger partial charge in [0.2, 0.25) is 0 Å². The van der Waals surface area contributed by atoms with E-state index in [1.54, 1.807) is 0 Å². The van der Waals surface area contributed by atoms with E-state index in [1.807, 2.05) is 0 Å². The van der Waals surface area contributed by atoms with E-state index in [1.165, 1.54) is 28.3 Å². The Morgan fingerprint density at radius 3 is 3.19 bits per heavy atom. The highest BCUT2D eigenvalue weighted by Gasteiger charge is 2.26. The molecule has 3 nitrogen and oxygen atoms in total. The molecule has 1 aromatic carbocycles. The molecule has 4 rings (SSSR count). The maximum absolute atomic E-state index is 4.75. The quantitative estimate of drug-likeness (QED) is 0.611. The zero-order valence-corrected chi connectivity index (χ0v) is 9.03. The van der Waals surface area contributed by atoms with Crippen LogP contribution in [0.3, 0.4) is 0 Å². The van der Waals surface area contributed by atoms with Gasteiger partial charge in [0.15, 0.2) is 0 Å². The van der Waals surface area contributed by atoms with Gasteiger partial charge < -0.3 is 9.88 Å². The van der Waals surface area contributed by atoms with Gasteiger partial charge in [-0.1, -0.05) is 24.3 Å². The first kappa shape index (κ1) is 8.53. The van der Waals surface area contributed by atoms with Gasteiger partial charge in [0.25, 0.3) is 0 Å². The van der Waals surface area contributed by atoms with Crippen LogP contribution in [0.2, 0.25) is 0 Å². The van der Waals surface area contributed by atoms with Crippen molar-refractivity contribution in [1.29, 1.82) is 0 Å². The smallest absolute Gasteiger partial charge is 0.123 e. The molecule has 80 valence electrons. The van der Waals surface area contributed by atoms with E-state index < -0.39 is 0 Å². The van der Waals surface area contributed by atoms with Crippen LogP contribution in [0.15, 0.2) is 24.3 Å². The van der Waals surface area contributed by atoms with Gasteiger partial charge in [-0.15, -0.1) is 0 Å². The molecule has 0 saturated carbocycles. The number of imidazole rings is 1. The van der Waals surface area contributed by atoms with Gasteiger partial charge in [0.05, 0.1) is 17.9 Å². The average Bonchev–Trinajstić information content (AvgIpc) is 2.83. The van der Waals surface area contributed by atoms with E-state index in [0.717, 1.165) is 26.1 Å². The summed E-state index contributed by atoms with van der Waals surface area (Å²) in [6.45, 7) is 3.01. The maximum Gasteiger partial charge on any atom is 0.123 e. The number of hydrogen-bond acceptors (Lipinski definition) is 2. The standard InChI is InChI=1S/C13H13N3/c1-2-4-10-9(3-1)7-11-13(10)16-6-5-14-8-12(16)15-11/h1-4,14H,5-8H2. The van der Waals surface area contributed by atoms with Crippen molar-refractivity contribution < 1.29 is 0 Å². The van der Waals surface area contributed by atoms with Crippen LogP contribution < -0.4 is 5.32 Å².